The zero-order valence-corrected chi connectivity index (χ0v) is 19.9. The molecule has 0 N–H and O–H groups in total. The monoisotopic (exact) mass is 444 g/mol. The van der Waals surface area contributed by atoms with E-state index in [9.17, 15) is 0 Å². The minimum atomic E-state index is 1.13. The van der Waals surface area contributed by atoms with Crippen LogP contribution in [-0.2, 0) is 0 Å². The Morgan fingerprint density at radius 2 is 1.10 bits per heavy atom. The summed E-state index contributed by atoms with van der Waals surface area (Å²) in [6.07, 6.45) is 7.76. The molecule has 1 aliphatic rings. The summed E-state index contributed by atoms with van der Waals surface area (Å²) in [7, 11) is 4.45. The topological polar surface area (TPSA) is 0 Å². The normalized spacial score (nSPS) is 17.4. The van der Waals surface area contributed by atoms with Crippen LogP contribution in [0.5, 0.6) is 0 Å². The predicted octanol–water partition coefficient (Wildman–Crippen LogP) is 9.45. The van der Waals surface area contributed by atoms with Gasteiger partial charge in [0.1, 0.15) is 0 Å². The van der Waals surface area contributed by atoms with Crippen LogP contribution in [0.2, 0.25) is 0 Å². The van der Waals surface area contributed by atoms with Crippen molar-refractivity contribution in [2.24, 2.45) is 0 Å². The summed E-state index contributed by atoms with van der Waals surface area (Å²) in [6.45, 7) is 0. The van der Waals surface area contributed by atoms with E-state index < -0.39 is 0 Å². The van der Waals surface area contributed by atoms with Crippen molar-refractivity contribution >= 4 is 39.8 Å². The minimum absolute atomic E-state index is 1.13. The Hall–Kier alpha value is -1.83. The van der Waals surface area contributed by atoms with Gasteiger partial charge < -0.3 is 0 Å². The SMILES string of the molecule is c1ccc(C2=PP=PCCCCCCC(c3ccccc3)=C2c2ccccc2)cc1. The lowest BCUT2D eigenvalue weighted by atomic mass is 9.87. The van der Waals surface area contributed by atoms with E-state index in [0.29, 0.717) is 0 Å². The van der Waals surface area contributed by atoms with Gasteiger partial charge in [-0.3, -0.25) is 0 Å². The summed E-state index contributed by atoms with van der Waals surface area (Å²) in [5, 5.41) is 1.47. The average molecular weight is 444 g/mol. The molecule has 1 aliphatic heterocycles. The minimum Gasteiger partial charge on any atom is -0.0664 e. The van der Waals surface area contributed by atoms with E-state index in [1.54, 1.807) is 7.87 Å². The van der Waals surface area contributed by atoms with Gasteiger partial charge in [0.2, 0.25) is 0 Å². The second-order valence-electron chi connectivity index (χ2n) is 7.52. The Balaban J connectivity index is 1.99. The van der Waals surface area contributed by atoms with Crippen LogP contribution in [-0.4, -0.2) is 11.5 Å². The number of allylic oxidation sites excluding steroid dienone is 2. The molecule has 30 heavy (non-hydrogen) atoms. The van der Waals surface area contributed by atoms with Crippen molar-refractivity contribution < 1.29 is 0 Å². The van der Waals surface area contributed by atoms with Crippen molar-refractivity contribution in [2.75, 3.05) is 6.16 Å². The predicted molar refractivity (Wildman–Crippen MR) is 139 cm³/mol. The second-order valence-corrected chi connectivity index (χ2v) is 12.7. The van der Waals surface area contributed by atoms with E-state index in [1.807, 2.05) is 0 Å². The number of hydrogen-bond acceptors (Lipinski definition) is 0. The van der Waals surface area contributed by atoms with Crippen LogP contribution in [0.1, 0.15) is 48.8 Å². The first-order valence-corrected chi connectivity index (χ1v) is 15.1. The summed E-state index contributed by atoms with van der Waals surface area (Å²) >= 11 is 0. The van der Waals surface area contributed by atoms with Crippen LogP contribution >= 0.6 is 23.3 Å². The molecular weight excluding hydrogens is 417 g/mol. The third-order valence-electron chi connectivity index (χ3n) is 5.41. The van der Waals surface area contributed by atoms with E-state index in [1.165, 1.54) is 80.4 Å². The average Bonchev–Trinajstić information content (AvgIpc) is 2.81. The summed E-state index contributed by atoms with van der Waals surface area (Å²) in [5.41, 5.74) is 7.00. The molecule has 0 bridgehead atoms. The second kappa shape index (κ2) is 11.5. The maximum atomic E-state index is 2.29. The zero-order valence-electron chi connectivity index (χ0n) is 17.2. The molecule has 0 radical (unpaired) electrons. The van der Waals surface area contributed by atoms with Gasteiger partial charge in [0, 0.05) is 5.29 Å². The van der Waals surface area contributed by atoms with E-state index in [0.717, 1.165) is 6.42 Å². The maximum Gasteiger partial charge on any atom is 0.0220 e. The standard InChI is InChI=1S/C27H27P3/c1-2-13-21-28-30-29-27(24-18-10-5-11-19-24)26(23-16-8-4-9-17-23)25(20-12-1)22-14-6-3-7-15-22/h3-11,14-19H,1-2,12-13,20-21H2. The van der Waals surface area contributed by atoms with Crippen molar-refractivity contribution in [1.29, 1.82) is 0 Å². The van der Waals surface area contributed by atoms with E-state index in [2.05, 4.69) is 91.0 Å². The van der Waals surface area contributed by atoms with Gasteiger partial charge in [0.05, 0.1) is 0 Å². The third-order valence-corrected chi connectivity index (χ3v) is 10.6. The van der Waals surface area contributed by atoms with Crippen LogP contribution in [0.15, 0.2) is 91.0 Å². The quantitative estimate of drug-likeness (QED) is 0.353. The Morgan fingerprint density at radius 1 is 0.533 bits per heavy atom. The van der Waals surface area contributed by atoms with Crippen molar-refractivity contribution in [1.82, 2.24) is 0 Å². The number of rotatable bonds is 3. The fourth-order valence-corrected chi connectivity index (χ4v) is 9.13. The Kier molecular flexibility index (Phi) is 8.23. The molecule has 0 atom stereocenters. The highest BCUT2D eigenvalue weighted by Gasteiger charge is 2.18. The Morgan fingerprint density at radius 3 is 1.77 bits per heavy atom. The molecule has 0 unspecified atom stereocenters. The fourth-order valence-electron chi connectivity index (χ4n) is 3.92. The zero-order chi connectivity index (χ0) is 20.4. The van der Waals surface area contributed by atoms with E-state index in [4.69, 9.17) is 0 Å². The maximum absolute atomic E-state index is 2.29. The molecule has 0 amide bonds. The van der Waals surface area contributed by atoms with Gasteiger partial charge in [-0.05, 0) is 68.7 Å². The molecule has 3 aromatic rings. The van der Waals surface area contributed by atoms with Crippen molar-refractivity contribution in [3.8, 4) is 0 Å². The highest BCUT2D eigenvalue weighted by Crippen LogP contribution is 2.41. The molecular formula is C27H27P3. The molecule has 0 saturated carbocycles. The largest absolute Gasteiger partial charge is 0.0664 e. The van der Waals surface area contributed by atoms with Gasteiger partial charge in [-0.15, -0.1) is 0 Å². The van der Waals surface area contributed by atoms with Gasteiger partial charge in [-0.2, -0.15) is 0 Å². The van der Waals surface area contributed by atoms with Crippen LogP contribution in [0.4, 0.5) is 0 Å². The molecule has 0 nitrogen and oxygen atoms in total. The fraction of sp³-hybridized carbons (Fsp3) is 0.222. The molecule has 0 aromatic heterocycles. The highest BCUT2D eigenvalue weighted by atomic mass is 32.2. The first-order valence-electron chi connectivity index (χ1n) is 10.8. The van der Waals surface area contributed by atoms with Crippen LogP contribution in [0.25, 0.3) is 11.1 Å². The van der Waals surface area contributed by atoms with E-state index >= 15 is 0 Å². The van der Waals surface area contributed by atoms with E-state index in [-0.39, 0.29) is 0 Å². The lowest BCUT2D eigenvalue weighted by molar-refractivity contribution is 0.682. The van der Waals surface area contributed by atoms with Crippen molar-refractivity contribution in [2.45, 2.75) is 32.1 Å². The summed E-state index contributed by atoms with van der Waals surface area (Å²) in [4.78, 5) is 0. The Labute approximate surface area is 185 Å². The smallest absolute Gasteiger partial charge is 0.0220 e. The molecule has 3 heteroatoms. The molecule has 0 fully saturated rings. The first kappa shape index (κ1) is 21.4. The molecule has 4 rings (SSSR count). The lowest BCUT2D eigenvalue weighted by Crippen LogP contribution is -2.05. The van der Waals surface area contributed by atoms with Crippen LogP contribution in [0.3, 0.4) is 0 Å². The van der Waals surface area contributed by atoms with Gasteiger partial charge in [0.15, 0.2) is 0 Å². The molecule has 3 aromatic carbocycles. The van der Waals surface area contributed by atoms with Crippen molar-refractivity contribution in [3.05, 3.63) is 108 Å². The van der Waals surface area contributed by atoms with Gasteiger partial charge in [-0.1, -0.05) is 112 Å². The van der Waals surface area contributed by atoms with Gasteiger partial charge >= 0.3 is 0 Å². The summed E-state index contributed by atoms with van der Waals surface area (Å²) in [6, 6.07) is 33.2. The first-order chi connectivity index (χ1) is 14.9. The third kappa shape index (κ3) is 5.65. The molecule has 0 saturated heterocycles. The summed E-state index contributed by atoms with van der Waals surface area (Å²) < 4.78 is 0. The number of benzene rings is 3. The van der Waals surface area contributed by atoms with Crippen LogP contribution in [0, 0.1) is 0 Å². The lowest BCUT2D eigenvalue weighted by Gasteiger charge is -2.20. The molecule has 150 valence electrons. The summed E-state index contributed by atoms with van der Waals surface area (Å²) in [5.74, 6) is 0. The van der Waals surface area contributed by atoms with Crippen molar-refractivity contribution in [3.63, 3.8) is 0 Å². The Bertz CT molecular complexity index is 1020. The highest BCUT2D eigenvalue weighted by molar-refractivity contribution is 8.24. The molecule has 1 heterocycles. The van der Waals surface area contributed by atoms with Gasteiger partial charge in [0.25, 0.3) is 0 Å². The molecule has 0 spiro atoms. The van der Waals surface area contributed by atoms with Crippen LogP contribution < -0.4 is 0 Å². The molecule has 0 aliphatic carbocycles. The van der Waals surface area contributed by atoms with Gasteiger partial charge in [-0.25, -0.2) is 0 Å². The number of hydrogen-bond donors (Lipinski definition) is 0.